The number of allylic oxidation sites excluding steroid dienone is 2. The molecule has 1 aliphatic rings. The lowest BCUT2D eigenvalue weighted by molar-refractivity contribution is -0.125. The molecule has 0 heterocycles. The Labute approximate surface area is 64.7 Å². The lowest BCUT2D eigenvalue weighted by Gasteiger charge is -2.02. The summed E-state index contributed by atoms with van der Waals surface area (Å²) in [6.45, 7) is 1.77. The first-order valence-corrected chi connectivity index (χ1v) is 3.41. The van der Waals surface area contributed by atoms with Crippen LogP contribution in [0.25, 0.3) is 0 Å². The van der Waals surface area contributed by atoms with Gasteiger partial charge in [0.25, 0.3) is 0 Å². The van der Waals surface area contributed by atoms with Crippen molar-refractivity contribution in [2.75, 3.05) is 0 Å². The van der Waals surface area contributed by atoms with E-state index in [0.717, 1.165) is 0 Å². The lowest BCUT2D eigenvalue weighted by Crippen LogP contribution is -2.26. The minimum absolute atomic E-state index is 0.382. The van der Waals surface area contributed by atoms with Crippen LogP contribution in [0.2, 0.25) is 0 Å². The molecule has 0 aromatic heterocycles. The van der Waals surface area contributed by atoms with Gasteiger partial charge in [-0.25, -0.2) is 0 Å². The van der Waals surface area contributed by atoms with Crippen molar-refractivity contribution >= 4 is 5.78 Å². The lowest BCUT2D eigenvalue weighted by atomic mass is 10.2. The van der Waals surface area contributed by atoms with Gasteiger partial charge in [-0.1, -0.05) is 12.2 Å². The summed E-state index contributed by atoms with van der Waals surface area (Å²) in [4.78, 5) is 11.0. The number of carbonyl (C=O) groups is 1. The quantitative estimate of drug-likeness (QED) is 0.549. The molecule has 1 aliphatic carbocycles. The number of aliphatic hydroxyl groups is 2. The van der Waals surface area contributed by atoms with E-state index in [4.69, 9.17) is 10.2 Å². The van der Waals surface area contributed by atoms with E-state index < -0.39 is 18.0 Å². The van der Waals surface area contributed by atoms with E-state index in [0.29, 0.717) is 5.57 Å². The van der Waals surface area contributed by atoms with Gasteiger partial charge in [-0.05, 0) is 13.0 Å². The Morgan fingerprint density at radius 2 is 2.18 bits per heavy atom. The molecule has 3 nitrogen and oxygen atoms in total. The standard InChI is InChI=1S/C8H10O3/c1-2-3-5-4-6(9)8(11)7(5)10/h2-4,6,8-9,11H,1H3/b3-2-/t6-,8-/m0/s1. The Morgan fingerprint density at radius 1 is 1.55 bits per heavy atom. The first-order valence-electron chi connectivity index (χ1n) is 3.41. The maximum atomic E-state index is 11.0. The van der Waals surface area contributed by atoms with E-state index in [1.165, 1.54) is 6.08 Å². The predicted octanol–water partition coefficient (Wildman–Crippen LogP) is -0.207. The summed E-state index contributed by atoms with van der Waals surface area (Å²) in [7, 11) is 0. The van der Waals surface area contributed by atoms with Gasteiger partial charge in [-0.2, -0.15) is 0 Å². The number of Topliss-reactive ketones (excluding diaryl/α,β-unsaturated/α-hetero) is 1. The largest absolute Gasteiger partial charge is 0.386 e. The third-order valence-corrected chi connectivity index (χ3v) is 1.57. The van der Waals surface area contributed by atoms with Crippen LogP contribution in [0.4, 0.5) is 0 Å². The molecule has 0 unspecified atom stereocenters. The normalized spacial score (nSPS) is 31.5. The monoisotopic (exact) mass is 154 g/mol. The van der Waals surface area contributed by atoms with Crippen LogP contribution in [0.15, 0.2) is 23.8 Å². The minimum atomic E-state index is -1.26. The van der Waals surface area contributed by atoms with Crippen molar-refractivity contribution in [1.29, 1.82) is 0 Å². The maximum Gasteiger partial charge on any atom is 0.194 e. The van der Waals surface area contributed by atoms with Crippen LogP contribution in [-0.4, -0.2) is 28.2 Å². The highest BCUT2D eigenvalue weighted by Crippen LogP contribution is 2.16. The Morgan fingerprint density at radius 3 is 2.55 bits per heavy atom. The fourth-order valence-electron chi connectivity index (χ4n) is 1.00. The van der Waals surface area contributed by atoms with Gasteiger partial charge in [0.05, 0.1) is 0 Å². The van der Waals surface area contributed by atoms with E-state index >= 15 is 0 Å². The fourth-order valence-corrected chi connectivity index (χ4v) is 1.00. The Bertz CT molecular complexity index is 227. The van der Waals surface area contributed by atoms with E-state index in [-0.39, 0.29) is 0 Å². The molecule has 0 spiro atoms. The molecule has 60 valence electrons. The third-order valence-electron chi connectivity index (χ3n) is 1.57. The van der Waals surface area contributed by atoms with E-state index in [9.17, 15) is 4.79 Å². The van der Waals surface area contributed by atoms with Gasteiger partial charge < -0.3 is 10.2 Å². The molecule has 2 N–H and O–H groups in total. The van der Waals surface area contributed by atoms with Gasteiger partial charge in [-0.15, -0.1) is 0 Å². The summed E-state index contributed by atoms with van der Waals surface area (Å²) in [5, 5.41) is 18.0. The van der Waals surface area contributed by atoms with Crippen molar-refractivity contribution < 1.29 is 15.0 Å². The summed E-state index contributed by atoms with van der Waals surface area (Å²) in [5.41, 5.74) is 0.382. The summed E-state index contributed by atoms with van der Waals surface area (Å²) in [5.74, 6) is -0.407. The van der Waals surface area contributed by atoms with Gasteiger partial charge in [0.1, 0.15) is 12.2 Å². The molecular formula is C8H10O3. The van der Waals surface area contributed by atoms with Gasteiger partial charge >= 0.3 is 0 Å². The molecule has 3 heteroatoms. The predicted molar refractivity (Wildman–Crippen MR) is 39.9 cm³/mol. The summed E-state index contributed by atoms with van der Waals surface area (Å²) < 4.78 is 0. The second-order valence-corrected chi connectivity index (χ2v) is 2.42. The smallest absolute Gasteiger partial charge is 0.194 e. The number of ketones is 1. The van der Waals surface area contributed by atoms with Gasteiger partial charge in [0, 0.05) is 5.57 Å². The third kappa shape index (κ3) is 1.39. The topological polar surface area (TPSA) is 57.5 Å². The number of carbonyl (C=O) groups excluding carboxylic acids is 1. The average Bonchev–Trinajstić information content (AvgIpc) is 2.19. The van der Waals surface area contributed by atoms with Crippen molar-refractivity contribution in [3.05, 3.63) is 23.8 Å². The molecule has 0 bridgehead atoms. The molecule has 0 radical (unpaired) electrons. The molecule has 0 aromatic carbocycles. The highest BCUT2D eigenvalue weighted by molar-refractivity contribution is 6.04. The van der Waals surface area contributed by atoms with E-state index in [2.05, 4.69) is 0 Å². The van der Waals surface area contributed by atoms with E-state index in [1.54, 1.807) is 19.1 Å². The van der Waals surface area contributed by atoms with Gasteiger partial charge in [-0.3, -0.25) is 4.79 Å². The van der Waals surface area contributed by atoms with Crippen LogP contribution < -0.4 is 0 Å². The number of hydrogen-bond acceptors (Lipinski definition) is 3. The van der Waals surface area contributed by atoms with Crippen LogP contribution in [0.3, 0.4) is 0 Å². The molecule has 0 amide bonds. The zero-order chi connectivity index (χ0) is 8.43. The number of aliphatic hydroxyl groups excluding tert-OH is 2. The molecule has 1 rings (SSSR count). The van der Waals surface area contributed by atoms with Crippen LogP contribution in [0.1, 0.15) is 6.92 Å². The van der Waals surface area contributed by atoms with Crippen LogP contribution in [0.5, 0.6) is 0 Å². The Balaban J connectivity index is 2.83. The number of hydrogen-bond donors (Lipinski definition) is 2. The van der Waals surface area contributed by atoms with Crippen LogP contribution in [-0.2, 0) is 4.79 Å². The van der Waals surface area contributed by atoms with Crippen LogP contribution >= 0.6 is 0 Å². The van der Waals surface area contributed by atoms with Crippen molar-refractivity contribution in [1.82, 2.24) is 0 Å². The zero-order valence-electron chi connectivity index (χ0n) is 6.19. The second kappa shape index (κ2) is 2.98. The molecule has 0 aliphatic heterocycles. The van der Waals surface area contributed by atoms with Crippen molar-refractivity contribution in [3.8, 4) is 0 Å². The molecule has 0 saturated carbocycles. The van der Waals surface area contributed by atoms with Gasteiger partial charge in [0.15, 0.2) is 5.78 Å². The Kier molecular flexibility index (Phi) is 2.22. The SMILES string of the molecule is C/C=C\C1=C[C@H](O)[C@H](O)C1=O. The fraction of sp³-hybridized carbons (Fsp3) is 0.375. The average molecular weight is 154 g/mol. The second-order valence-electron chi connectivity index (χ2n) is 2.42. The highest BCUT2D eigenvalue weighted by Gasteiger charge is 2.31. The van der Waals surface area contributed by atoms with Gasteiger partial charge in [0.2, 0.25) is 0 Å². The maximum absolute atomic E-state index is 11.0. The first-order chi connectivity index (χ1) is 5.16. The summed E-state index contributed by atoms with van der Waals surface area (Å²) in [6, 6.07) is 0. The molecule has 0 fully saturated rings. The molecule has 11 heavy (non-hydrogen) atoms. The zero-order valence-corrected chi connectivity index (χ0v) is 6.19. The highest BCUT2D eigenvalue weighted by atomic mass is 16.3. The summed E-state index contributed by atoms with van der Waals surface area (Å²) >= 11 is 0. The van der Waals surface area contributed by atoms with Crippen molar-refractivity contribution in [2.45, 2.75) is 19.1 Å². The van der Waals surface area contributed by atoms with Crippen LogP contribution in [0, 0.1) is 0 Å². The van der Waals surface area contributed by atoms with E-state index in [1.807, 2.05) is 0 Å². The van der Waals surface area contributed by atoms with Crippen molar-refractivity contribution in [3.63, 3.8) is 0 Å². The molecule has 2 atom stereocenters. The molecule has 0 saturated heterocycles. The number of rotatable bonds is 1. The Hall–Kier alpha value is -0.930. The molecule has 0 aromatic rings. The van der Waals surface area contributed by atoms with Crippen molar-refractivity contribution in [2.24, 2.45) is 0 Å². The minimum Gasteiger partial charge on any atom is -0.386 e. The summed E-state index contributed by atoms with van der Waals surface area (Å²) in [6.07, 6.45) is 2.32. The first kappa shape index (κ1) is 8.17. The molecular weight excluding hydrogens is 144 g/mol.